The number of nitriles is 1. The van der Waals surface area contributed by atoms with Gasteiger partial charge in [0.2, 0.25) is 0 Å². The van der Waals surface area contributed by atoms with Crippen LogP contribution in [0.15, 0.2) is 207 Å². The van der Waals surface area contributed by atoms with Gasteiger partial charge < -0.3 is 18.4 Å². The van der Waals surface area contributed by atoms with Crippen LogP contribution in [0.5, 0.6) is 11.5 Å². The largest absolute Gasteiger partial charge is 0.457 e. The van der Waals surface area contributed by atoms with Crippen molar-refractivity contribution >= 4 is 65.4 Å². The van der Waals surface area contributed by atoms with E-state index in [1.54, 1.807) is 0 Å². The predicted molar refractivity (Wildman–Crippen MR) is 267 cm³/mol. The number of aromatic nitrogens is 5. The molecule has 310 valence electrons. The molecule has 0 N–H and O–H groups in total. The summed E-state index contributed by atoms with van der Waals surface area (Å²) in [6.45, 7) is 0. The number of pyridine rings is 2. The summed E-state index contributed by atoms with van der Waals surface area (Å²) in [7, 11) is 0. The standard InChI is InChI=1S/C60H34N6O/c61-34-36-26-29-53-44(31-36)43-17-5-10-23-52(43)66(53)54-24-11-25-55-57(54)60(45-28-27-37(33-56(45)67-55)64-48-19-6-1-13-39(48)40-14-2-7-20-49(40)64)46-18-12-30-62-58(46)59-47(60)32-38(35-63-59)65-50-21-8-3-15-41(50)42-16-4-9-22-51(42)65/h1-33,35H. The fraction of sp³-hybridized carbons (Fsp3) is 0.0167. The molecule has 6 heterocycles. The summed E-state index contributed by atoms with van der Waals surface area (Å²) < 4.78 is 14.4. The minimum absolute atomic E-state index is 0.617. The van der Waals surface area contributed by atoms with Crippen molar-refractivity contribution < 1.29 is 4.74 Å². The van der Waals surface area contributed by atoms with Crippen LogP contribution in [0, 0.1) is 11.3 Å². The van der Waals surface area contributed by atoms with E-state index in [1.165, 1.54) is 21.5 Å². The molecule has 0 saturated carbocycles. The maximum atomic E-state index is 10.1. The average molecular weight is 855 g/mol. The summed E-state index contributed by atoms with van der Waals surface area (Å²) in [5.74, 6) is 1.50. The Bertz CT molecular complexity index is 4250. The molecule has 0 amide bonds. The second-order valence-electron chi connectivity index (χ2n) is 17.6. The molecule has 1 aliphatic carbocycles. The molecule has 7 nitrogen and oxygen atoms in total. The Morgan fingerprint density at radius 2 is 0.985 bits per heavy atom. The molecule has 5 aromatic heterocycles. The monoisotopic (exact) mass is 854 g/mol. The van der Waals surface area contributed by atoms with Gasteiger partial charge in [0.15, 0.2) is 0 Å². The normalized spacial score (nSPS) is 14.7. The van der Waals surface area contributed by atoms with Crippen molar-refractivity contribution in [3.8, 4) is 46.0 Å². The van der Waals surface area contributed by atoms with Crippen LogP contribution in [-0.4, -0.2) is 23.7 Å². The van der Waals surface area contributed by atoms with Crippen LogP contribution in [-0.2, 0) is 5.41 Å². The smallest absolute Gasteiger partial charge is 0.134 e. The molecule has 13 aromatic rings. The highest BCUT2D eigenvalue weighted by Gasteiger charge is 2.54. The maximum Gasteiger partial charge on any atom is 0.134 e. The zero-order chi connectivity index (χ0) is 44.0. The Morgan fingerprint density at radius 3 is 1.63 bits per heavy atom. The lowest BCUT2D eigenvalue weighted by Gasteiger charge is -2.40. The minimum atomic E-state index is -0.955. The highest BCUT2D eigenvalue weighted by molar-refractivity contribution is 6.12. The van der Waals surface area contributed by atoms with Gasteiger partial charge >= 0.3 is 0 Å². The van der Waals surface area contributed by atoms with Crippen molar-refractivity contribution in [2.45, 2.75) is 5.41 Å². The molecule has 2 aliphatic rings. The fourth-order valence-electron chi connectivity index (χ4n) is 11.8. The van der Waals surface area contributed by atoms with Crippen LogP contribution < -0.4 is 4.74 Å². The van der Waals surface area contributed by atoms with Crippen molar-refractivity contribution in [1.82, 2.24) is 23.7 Å². The van der Waals surface area contributed by atoms with Crippen LogP contribution in [0.1, 0.15) is 27.8 Å². The van der Waals surface area contributed by atoms with E-state index in [-0.39, 0.29) is 0 Å². The van der Waals surface area contributed by atoms with E-state index in [2.05, 4.69) is 196 Å². The van der Waals surface area contributed by atoms with Gasteiger partial charge in [0, 0.05) is 67.0 Å². The van der Waals surface area contributed by atoms with Gasteiger partial charge in [-0.25, -0.2) is 0 Å². The Kier molecular flexibility index (Phi) is 7.10. The number of hydrogen-bond donors (Lipinski definition) is 0. The number of nitrogens with zero attached hydrogens (tertiary/aromatic N) is 6. The number of benzene rings is 8. The highest BCUT2D eigenvalue weighted by atomic mass is 16.5. The molecule has 15 rings (SSSR count). The lowest BCUT2D eigenvalue weighted by Crippen LogP contribution is -2.34. The number of rotatable bonds is 3. The second kappa shape index (κ2) is 13.2. The van der Waals surface area contributed by atoms with Gasteiger partial charge in [0.05, 0.1) is 79.1 Å². The molecular formula is C60H34N6O. The SMILES string of the molecule is N#Cc1ccc2c(c1)c1ccccc1n2-c1cccc2c1C1(c3ccc(-n4c5ccccc5c5ccccc54)cc3O2)c2cccnc2-c2ncc(-n3c4ccccc4c4ccccc43)cc21. The first-order valence-electron chi connectivity index (χ1n) is 22.5. The van der Waals surface area contributed by atoms with Crippen LogP contribution in [0.3, 0.4) is 0 Å². The quantitative estimate of drug-likeness (QED) is 0.177. The van der Waals surface area contributed by atoms with Crippen LogP contribution in [0.4, 0.5) is 0 Å². The van der Waals surface area contributed by atoms with Crippen molar-refractivity contribution in [2.24, 2.45) is 0 Å². The van der Waals surface area contributed by atoms with Crippen molar-refractivity contribution in [2.75, 3.05) is 0 Å². The molecule has 8 aromatic carbocycles. The van der Waals surface area contributed by atoms with E-state index in [0.29, 0.717) is 5.56 Å². The molecule has 7 heteroatoms. The fourth-order valence-corrected chi connectivity index (χ4v) is 11.8. The van der Waals surface area contributed by atoms with E-state index in [4.69, 9.17) is 14.7 Å². The predicted octanol–water partition coefficient (Wildman–Crippen LogP) is 14.1. The Balaban J connectivity index is 1.08. The molecule has 1 unspecified atom stereocenters. The van der Waals surface area contributed by atoms with Gasteiger partial charge in [-0.3, -0.25) is 9.97 Å². The van der Waals surface area contributed by atoms with E-state index >= 15 is 0 Å². The van der Waals surface area contributed by atoms with Gasteiger partial charge in [-0.05, 0) is 84.4 Å². The van der Waals surface area contributed by atoms with Crippen molar-refractivity contribution in [3.63, 3.8) is 0 Å². The first kappa shape index (κ1) is 36.1. The Labute approximate surface area is 383 Å². The van der Waals surface area contributed by atoms with Crippen LogP contribution in [0.25, 0.3) is 93.9 Å². The molecular weight excluding hydrogens is 821 g/mol. The lowest BCUT2D eigenvalue weighted by atomic mass is 9.65. The summed E-state index contributed by atoms with van der Waals surface area (Å²) in [6, 6.07) is 71.1. The van der Waals surface area contributed by atoms with Crippen molar-refractivity contribution in [3.05, 3.63) is 234 Å². The van der Waals surface area contributed by atoms with Gasteiger partial charge in [-0.15, -0.1) is 0 Å². The van der Waals surface area contributed by atoms with Crippen molar-refractivity contribution in [1.29, 1.82) is 5.26 Å². The number of para-hydroxylation sites is 5. The summed E-state index contributed by atoms with van der Waals surface area (Å²) >= 11 is 0. The molecule has 0 fully saturated rings. The molecule has 0 saturated heterocycles. The molecule has 1 aliphatic heterocycles. The van der Waals surface area contributed by atoms with Gasteiger partial charge in [0.25, 0.3) is 0 Å². The first-order chi connectivity index (χ1) is 33.2. The number of hydrogen-bond acceptors (Lipinski definition) is 4. The minimum Gasteiger partial charge on any atom is -0.457 e. The summed E-state index contributed by atoms with van der Waals surface area (Å²) in [5.41, 5.74) is 14.8. The molecule has 1 atom stereocenters. The first-order valence-corrected chi connectivity index (χ1v) is 22.5. The molecule has 67 heavy (non-hydrogen) atoms. The zero-order valence-electron chi connectivity index (χ0n) is 35.7. The van der Waals surface area contributed by atoms with Gasteiger partial charge in [-0.1, -0.05) is 109 Å². The maximum absolute atomic E-state index is 10.1. The summed E-state index contributed by atoms with van der Waals surface area (Å²) in [5, 5.41) is 16.9. The molecule has 0 radical (unpaired) electrons. The van der Waals surface area contributed by atoms with E-state index in [9.17, 15) is 5.26 Å². The third kappa shape index (κ3) is 4.63. The Morgan fingerprint density at radius 1 is 0.418 bits per heavy atom. The van der Waals surface area contributed by atoms with Gasteiger partial charge in [0.1, 0.15) is 11.5 Å². The third-order valence-electron chi connectivity index (χ3n) is 14.4. The topological polar surface area (TPSA) is 73.6 Å². The molecule has 1 spiro atoms. The van der Waals surface area contributed by atoms with Crippen LogP contribution in [0.2, 0.25) is 0 Å². The lowest BCUT2D eigenvalue weighted by molar-refractivity contribution is 0.435. The summed E-state index contributed by atoms with van der Waals surface area (Å²) in [6.07, 6.45) is 3.88. The summed E-state index contributed by atoms with van der Waals surface area (Å²) in [4.78, 5) is 10.6. The molecule has 0 bridgehead atoms. The number of fused-ring (bicyclic) bond motifs is 18. The average Bonchev–Trinajstić information content (AvgIpc) is 4.10. The number of ether oxygens (including phenoxy) is 1. The van der Waals surface area contributed by atoms with Crippen LogP contribution >= 0.6 is 0 Å². The zero-order valence-corrected chi connectivity index (χ0v) is 35.7. The van der Waals surface area contributed by atoms with Gasteiger partial charge in [-0.2, -0.15) is 5.26 Å². The van der Waals surface area contributed by atoms with E-state index < -0.39 is 5.41 Å². The van der Waals surface area contributed by atoms with E-state index in [0.717, 1.165) is 106 Å². The third-order valence-corrected chi connectivity index (χ3v) is 14.4. The second-order valence-corrected chi connectivity index (χ2v) is 17.6. The Hall–Kier alpha value is -9.25. The van der Waals surface area contributed by atoms with E-state index in [1.807, 2.05) is 30.6 Å². The highest BCUT2D eigenvalue weighted by Crippen LogP contribution is 2.63.